The molecule has 1 rings (SSSR count). The molecule has 0 aromatic rings. The second kappa shape index (κ2) is 8.48. The van der Waals surface area contributed by atoms with Gasteiger partial charge in [-0.3, -0.25) is 4.79 Å². The number of hydrogen-bond acceptors (Lipinski definition) is 4. The maximum Gasteiger partial charge on any atom is 0.324 e. The quantitative estimate of drug-likeness (QED) is 0.604. The first-order valence-electron chi connectivity index (χ1n) is 7.33. The first-order valence-corrected chi connectivity index (χ1v) is 7.33. The maximum absolute atomic E-state index is 11.9. The van der Waals surface area contributed by atoms with Gasteiger partial charge in [-0.15, -0.1) is 0 Å². The molecule has 0 aromatic carbocycles. The zero-order valence-electron chi connectivity index (χ0n) is 12.1. The van der Waals surface area contributed by atoms with E-state index >= 15 is 0 Å². The van der Waals surface area contributed by atoms with Crippen LogP contribution in [0.25, 0.3) is 0 Å². The van der Waals surface area contributed by atoms with Gasteiger partial charge in [0.1, 0.15) is 6.04 Å². The van der Waals surface area contributed by atoms with Crippen LogP contribution in [-0.4, -0.2) is 49.7 Å². The summed E-state index contributed by atoms with van der Waals surface area (Å²) < 4.78 is 5.14. The Bertz CT molecular complexity index is 242. The van der Waals surface area contributed by atoms with Crippen molar-refractivity contribution >= 4 is 5.97 Å². The van der Waals surface area contributed by atoms with Crippen LogP contribution in [0.15, 0.2) is 0 Å². The minimum Gasteiger partial charge on any atom is -0.465 e. The van der Waals surface area contributed by atoms with Crippen molar-refractivity contribution in [3.05, 3.63) is 0 Å². The Labute approximate surface area is 111 Å². The Morgan fingerprint density at radius 2 is 2.11 bits per heavy atom. The minimum absolute atomic E-state index is 0.111. The molecule has 1 fully saturated rings. The number of carbonyl (C=O) groups excluding carboxylic acids is 1. The summed E-state index contributed by atoms with van der Waals surface area (Å²) in [5.41, 5.74) is 0. The van der Waals surface area contributed by atoms with E-state index in [-0.39, 0.29) is 12.0 Å². The van der Waals surface area contributed by atoms with Crippen LogP contribution in [0.1, 0.15) is 40.0 Å². The summed E-state index contributed by atoms with van der Waals surface area (Å²) in [6.07, 6.45) is 3.73. The molecule has 0 aromatic heterocycles. The monoisotopic (exact) mass is 256 g/mol. The molecule has 106 valence electrons. The Balaban J connectivity index is 2.42. The van der Waals surface area contributed by atoms with E-state index in [4.69, 9.17) is 4.74 Å². The lowest BCUT2D eigenvalue weighted by Crippen LogP contribution is -2.47. The van der Waals surface area contributed by atoms with Gasteiger partial charge in [-0.2, -0.15) is 0 Å². The van der Waals surface area contributed by atoms with E-state index < -0.39 is 0 Å². The molecular formula is C14H28N2O2. The fourth-order valence-electron chi connectivity index (χ4n) is 2.04. The van der Waals surface area contributed by atoms with Crippen LogP contribution in [-0.2, 0) is 9.53 Å². The second-order valence-corrected chi connectivity index (χ2v) is 5.05. The zero-order valence-corrected chi connectivity index (χ0v) is 12.1. The van der Waals surface area contributed by atoms with Gasteiger partial charge in [-0.1, -0.05) is 13.8 Å². The molecule has 0 spiro atoms. The number of likely N-dealkylation sites (N-methyl/N-ethyl adjacent to an activating group) is 1. The predicted octanol–water partition coefficient (Wildman–Crippen LogP) is 1.65. The van der Waals surface area contributed by atoms with Crippen molar-refractivity contribution in [3.63, 3.8) is 0 Å². The van der Waals surface area contributed by atoms with Crippen molar-refractivity contribution < 1.29 is 9.53 Å². The average molecular weight is 256 g/mol. The highest BCUT2D eigenvalue weighted by atomic mass is 16.5. The van der Waals surface area contributed by atoms with Crippen molar-refractivity contribution in [2.45, 2.75) is 46.1 Å². The van der Waals surface area contributed by atoms with Crippen LogP contribution in [0.2, 0.25) is 0 Å². The van der Waals surface area contributed by atoms with Gasteiger partial charge in [-0.05, 0) is 45.2 Å². The van der Waals surface area contributed by atoms with Crippen LogP contribution in [0, 0.1) is 5.92 Å². The lowest BCUT2D eigenvalue weighted by molar-refractivity contribution is -0.146. The van der Waals surface area contributed by atoms with Crippen molar-refractivity contribution in [3.8, 4) is 0 Å². The number of hydrogen-bond donors (Lipinski definition) is 1. The molecule has 1 aliphatic carbocycles. The number of ether oxygens (including phenoxy) is 1. The van der Waals surface area contributed by atoms with Crippen LogP contribution >= 0.6 is 0 Å². The molecule has 1 unspecified atom stereocenters. The molecule has 0 bridgehead atoms. The standard InChI is InChI=1S/C14H28N2O2/c1-4-9-15-13(14(17)18-6-3)11-16(5-2)10-12-7-8-12/h12-13,15H,4-11H2,1-3H3. The molecule has 1 aliphatic rings. The van der Waals surface area contributed by atoms with E-state index in [1.807, 2.05) is 6.92 Å². The Kier molecular flexibility index (Phi) is 7.28. The van der Waals surface area contributed by atoms with Gasteiger partial charge in [0.15, 0.2) is 0 Å². The van der Waals surface area contributed by atoms with E-state index in [1.165, 1.54) is 12.8 Å². The van der Waals surface area contributed by atoms with Crippen LogP contribution in [0.5, 0.6) is 0 Å². The van der Waals surface area contributed by atoms with E-state index in [1.54, 1.807) is 0 Å². The van der Waals surface area contributed by atoms with E-state index in [9.17, 15) is 4.79 Å². The van der Waals surface area contributed by atoms with Crippen LogP contribution < -0.4 is 5.32 Å². The Morgan fingerprint density at radius 1 is 1.39 bits per heavy atom. The van der Waals surface area contributed by atoms with Gasteiger partial charge in [0.2, 0.25) is 0 Å². The molecule has 1 N–H and O–H groups in total. The van der Waals surface area contributed by atoms with Gasteiger partial charge >= 0.3 is 5.97 Å². The topological polar surface area (TPSA) is 41.6 Å². The molecule has 0 heterocycles. The number of nitrogens with one attached hydrogen (secondary N) is 1. The highest BCUT2D eigenvalue weighted by Gasteiger charge is 2.27. The van der Waals surface area contributed by atoms with Crippen molar-refractivity contribution in [1.82, 2.24) is 10.2 Å². The molecule has 1 saturated carbocycles. The maximum atomic E-state index is 11.9. The van der Waals surface area contributed by atoms with Gasteiger partial charge in [0.05, 0.1) is 6.61 Å². The van der Waals surface area contributed by atoms with Crippen LogP contribution in [0.3, 0.4) is 0 Å². The largest absolute Gasteiger partial charge is 0.465 e. The third-order valence-electron chi connectivity index (χ3n) is 3.31. The van der Waals surface area contributed by atoms with Gasteiger partial charge in [0, 0.05) is 13.1 Å². The summed E-state index contributed by atoms with van der Waals surface area (Å²) in [5, 5.41) is 3.30. The lowest BCUT2D eigenvalue weighted by Gasteiger charge is -2.26. The summed E-state index contributed by atoms with van der Waals surface area (Å²) >= 11 is 0. The summed E-state index contributed by atoms with van der Waals surface area (Å²) in [5.74, 6) is 0.749. The molecule has 4 nitrogen and oxygen atoms in total. The normalized spacial score (nSPS) is 16.9. The number of nitrogens with zero attached hydrogens (tertiary/aromatic N) is 1. The molecule has 1 atom stereocenters. The Morgan fingerprint density at radius 3 is 2.61 bits per heavy atom. The van der Waals surface area contributed by atoms with E-state index in [0.29, 0.717) is 6.61 Å². The summed E-state index contributed by atoms with van der Waals surface area (Å²) in [6, 6.07) is -0.177. The average Bonchev–Trinajstić information content (AvgIpc) is 3.17. The van der Waals surface area contributed by atoms with E-state index in [2.05, 4.69) is 24.1 Å². The molecular weight excluding hydrogens is 228 g/mol. The van der Waals surface area contributed by atoms with Gasteiger partial charge in [-0.25, -0.2) is 0 Å². The molecule has 0 aliphatic heterocycles. The van der Waals surface area contributed by atoms with Crippen LogP contribution in [0.4, 0.5) is 0 Å². The van der Waals surface area contributed by atoms with Crippen molar-refractivity contribution in [2.24, 2.45) is 5.92 Å². The summed E-state index contributed by atoms with van der Waals surface area (Å²) in [6.45, 7) is 10.3. The second-order valence-electron chi connectivity index (χ2n) is 5.05. The molecule has 4 heteroatoms. The zero-order chi connectivity index (χ0) is 13.4. The van der Waals surface area contributed by atoms with Crippen molar-refractivity contribution in [2.75, 3.05) is 32.8 Å². The van der Waals surface area contributed by atoms with Crippen molar-refractivity contribution in [1.29, 1.82) is 0 Å². The Hall–Kier alpha value is -0.610. The number of carbonyl (C=O) groups is 1. The smallest absolute Gasteiger partial charge is 0.324 e. The summed E-state index contributed by atoms with van der Waals surface area (Å²) in [4.78, 5) is 14.3. The highest BCUT2D eigenvalue weighted by Crippen LogP contribution is 2.29. The first-order chi connectivity index (χ1) is 8.71. The highest BCUT2D eigenvalue weighted by molar-refractivity contribution is 5.76. The SMILES string of the molecule is CCCNC(CN(CC)CC1CC1)C(=O)OCC. The first kappa shape index (κ1) is 15.4. The lowest BCUT2D eigenvalue weighted by atomic mass is 10.2. The third-order valence-corrected chi connectivity index (χ3v) is 3.31. The molecule has 18 heavy (non-hydrogen) atoms. The minimum atomic E-state index is -0.177. The number of rotatable bonds is 10. The molecule has 0 radical (unpaired) electrons. The van der Waals surface area contributed by atoms with E-state index in [0.717, 1.165) is 38.5 Å². The van der Waals surface area contributed by atoms with Gasteiger partial charge in [0.25, 0.3) is 0 Å². The summed E-state index contributed by atoms with van der Waals surface area (Å²) in [7, 11) is 0. The molecule has 0 saturated heterocycles. The third kappa shape index (κ3) is 5.83. The molecule has 0 amide bonds. The van der Waals surface area contributed by atoms with Gasteiger partial charge < -0.3 is 15.0 Å². The fourth-order valence-corrected chi connectivity index (χ4v) is 2.04. The fraction of sp³-hybridized carbons (Fsp3) is 0.929. The number of esters is 1. The predicted molar refractivity (Wildman–Crippen MR) is 73.6 cm³/mol.